The van der Waals surface area contributed by atoms with E-state index in [0.29, 0.717) is 5.17 Å². The molecule has 6 heteroatoms. The van der Waals surface area contributed by atoms with Crippen LogP contribution in [0.25, 0.3) is 11.0 Å². The van der Waals surface area contributed by atoms with Crippen molar-refractivity contribution >= 4 is 33.7 Å². The first-order valence-corrected chi connectivity index (χ1v) is 5.77. The predicted molar refractivity (Wildman–Crippen MR) is 65.5 cm³/mol. The summed E-state index contributed by atoms with van der Waals surface area (Å²) in [6.07, 6.45) is 5.33. The summed E-state index contributed by atoms with van der Waals surface area (Å²) in [4.78, 5) is 11.5. The number of amidine groups is 1. The summed E-state index contributed by atoms with van der Waals surface area (Å²) in [5.74, 6) is 0. The maximum atomic E-state index is 8.54. The number of thioether (sulfide) groups is 1. The highest BCUT2D eigenvalue weighted by Crippen LogP contribution is 2.23. The van der Waals surface area contributed by atoms with Crippen molar-refractivity contribution in [3.8, 4) is 6.19 Å². The average molecular weight is 231 g/mol. The summed E-state index contributed by atoms with van der Waals surface area (Å²) in [7, 11) is 0. The Bertz CT molecular complexity index is 566. The minimum Gasteiger partial charge on any atom is -0.345 e. The summed E-state index contributed by atoms with van der Waals surface area (Å²) >= 11 is 1.38. The number of nitrogens with zero attached hydrogens (tertiary/aromatic N) is 3. The number of hydrogen-bond acceptors (Lipinski definition) is 4. The number of hydrogen-bond donors (Lipinski definition) is 2. The second kappa shape index (κ2) is 4.68. The SMILES string of the molecule is CSC(=Nc1cccc2[nH]cnc12)NC#N. The Morgan fingerprint density at radius 3 is 3.25 bits per heavy atom. The first-order valence-electron chi connectivity index (χ1n) is 4.55. The molecule has 1 aromatic heterocycles. The summed E-state index contributed by atoms with van der Waals surface area (Å²) in [5, 5.41) is 11.6. The van der Waals surface area contributed by atoms with Gasteiger partial charge in [-0.15, -0.1) is 0 Å². The smallest absolute Gasteiger partial charge is 0.183 e. The third-order valence-corrected chi connectivity index (χ3v) is 2.59. The number of rotatable bonds is 1. The second-order valence-corrected chi connectivity index (χ2v) is 3.73. The molecule has 0 spiro atoms. The van der Waals surface area contributed by atoms with Gasteiger partial charge in [-0.25, -0.2) is 9.98 Å². The summed E-state index contributed by atoms with van der Waals surface area (Å²) in [6.45, 7) is 0. The van der Waals surface area contributed by atoms with Gasteiger partial charge in [0, 0.05) is 0 Å². The highest BCUT2D eigenvalue weighted by Gasteiger charge is 2.03. The van der Waals surface area contributed by atoms with Crippen molar-refractivity contribution in [3.05, 3.63) is 24.5 Å². The quantitative estimate of drug-likeness (QED) is 0.340. The topological polar surface area (TPSA) is 76.9 Å². The molecule has 0 aliphatic carbocycles. The lowest BCUT2D eigenvalue weighted by Gasteiger charge is -2.00. The molecule has 0 bridgehead atoms. The number of benzene rings is 1. The van der Waals surface area contributed by atoms with Crippen LogP contribution in [-0.4, -0.2) is 21.4 Å². The van der Waals surface area contributed by atoms with Gasteiger partial charge in [-0.1, -0.05) is 17.8 Å². The Balaban J connectivity index is 2.47. The van der Waals surface area contributed by atoms with Crippen molar-refractivity contribution < 1.29 is 0 Å². The van der Waals surface area contributed by atoms with Crippen LogP contribution in [0.15, 0.2) is 29.5 Å². The minimum absolute atomic E-state index is 0.554. The zero-order valence-electron chi connectivity index (χ0n) is 8.56. The molecule has 0 saturated heterocycles. The Labute approximate surface area is 96.6 Å². The molecule has 1 aromatic carbocycles. The predicted octanol–water partition coefficient (Wildman–Crippen LogP) is 1.98. The van der Waals surface area contributed by atoms with Gasteiger partial charge in [0.25, 0.3) is 0 Å². The van der Waals surface area contributed by atoms with Crippen LogP contribution in [0.1, 0.15) is 0 Å². The van der Waals surface area contributed by atoms with Crippen LogP contribution in [-0.2, 0) is 0 Å². The molecule has 80 valence electrons. The standard InChI is InChI=1S/C10H9N5S/c1-16-10(12-5-11)15-8-4-2-3-7-9(8)14-6-13-7/h2-4,6H,1H3,(H,12,15)(H,13,14). The number of aliphatic imine (C=N–C) groups is 1. The number of aromatic nitrogens is 2. The van der Waals surface area contributed by atoms with Gasteiger partial charge in [-0.2, -0.15) is 5.26 Å². The Kier molecular flexibility index (Phi) is 3.08. The van der Waals surface area contributed by atoms with Gasteiger partial charge in [-0.3, -0.25) is 5.32 Å². The van der Waals surface area contributed by atoms with Crippen LogP contribution < -0.4 is 5.32 Å². The van der Waals surface area contributed by atoms with Gasteiger partial charge in [0.1, 0.15) is 5.52 Å². The number of imidazole rings is 1. The van der Waals surface area contributed by atoms with Crippen LogP contribution in [0.4, 0.5) is 5.69 Å². The Morgan fingerprint density at radius 1 is 1.62 bits per heavy atom. The van der Waals surface area contributed by atoms with E-state index in [1.165, 1.54) is 11.8 Å². The van der Waals surface area contributed by atoms with Crippen molar-refractivity contribution in [2.75, 3.05) is 6.26 Å². The molecule has 0 aliphatic heterocycles. The molecule has 0 unspecified atom stereocenters. The molecule has 0 aliphatic rings. The maximum Gasteiger partial charge on any atom is 0.183 e. The zero-order chi connectivity index (χ0) is 11.4. The van der Waals surface area contributed by atoms with Gasteiger partial charge >= 0.3 is 0 Å². The van der Waals surface area contributed by atoms with Gasteiger partial charge in [0.05, 0.1) is 17.5 Å². The lowest BCUT2D eigenvalue weighted by atomic mass is 10.3. The van der Waals surface area contributed by atoms with E-state index in [1.807, 2.05) is 30.6 Å². The highest BCUT2D eigenvalue weighted by molar-refractivity contribution is 8.13. The van der Waals surface area contributed by atoms with E-state index in [9.17, 15) is 0 Å². The van der Waals surface area contributed by atoms with E-state index in [-0.39, 0.29) is 0 Å². The van der Waals surface area contributed by atoms with Crippen LogP contribution in [0.3, 0.4) is 0 Å². The molecule has 5 nitrogen and oxygen atoms in total. The van der Waals surface area contributed by atoms with E-state index in [2.05, 4.69) is 20.3 Å². The molecule has 0 amide bonds. The number of nitrogens with one attached hydrogen (secondary N) is 2. The van der Waals surface area contributed by atoms with Crippen molar-refractivity contribution in [1.29, 1.82) is 5.26 Å². The van der Waals surface area contributed by atoms with E-state index in [0.717, 1.165) is 16.7 Å². The molecular formula is C10H9N5S. The Morgan fingerprint density at radius 2 is 2.50 bits per heavy atom. The third-order valence-electron chi connectivity index (χ3n) is 2.01. The average Bonchev–Trinajstić information content (AvgIpc) is 2.77. The van der Waals surface area contributed by atoms with Gasteiger partial charge in [-0.05, 0) is 18.4 Å². The normalized spacial score (nSPS) is 11.4. The first kappa shape index (κ1) is 10.5. The van der Waals surface area contributed by atoms with Crippen molar-refractivity contribution in [1.82, 2.24) is 15.3 Å². The number of para-hydroxylation sites is 1. The molecule has 2 rings (SSSR count). The molecule has 16 heavy (non-hydrogen) atoms. The van der Waals surface area contributed by atoms with Crippen molar-refractivity contribution in [3.63, 3.8) is 0 Å². The van der Waals surface area contributed by atoms with E-state index < -0.39 is 0 Å². The molecule has 0 saturated carbocycles. The lowest BCUT2D eigenvalue weighted by molar-refractivity contribution is 1.28. The highest BCUT2D eigenvalue weighted by atomic mass is 32.2. The van der Waals surface area contributed by atoms with Crippen LogP contribution in [0.2, 0.25) is 0 Å². The molecule has 0 fully saturated rings. The summed E-state index contributed by atoms with van der Waals surface area (Å²) in [6, 6.07) is 5.68. The molecule has 0 radical (unpaired) electrons. The zero-order valence-corrected chi connectivity index (χ0v) is 9.38. The van der Waals surface area contributed by atoms with Gasteiger partial charge in [0.2, 0.25) is 0 Å². The minimum atomic E-state index is 0.554. The summed E-state index contributed by atoms with van der Waals surface area (Å²) < 4.78 is 0. The van der Waals surface area contributed by atoms with Crippen LogP contribution in [0.5, 0.6) is 0 Å². The fourth-order valence-electron chi connectivity index (χ4n) is 1.32. The third kappa shape index (κ3) is 1.99. The van der Waals surface area contributed by atoms with E-state index >= 15 is 0 Å². The number of H-pyrrole nitrogens is 1. The van der Waals surface area contributed by atoms with Crippen LogP contribution in [0, 0.1) is 11.5 Å². The van der Waals surface area contributed by atoms with Crippen molar-refractivity contribution in [2.45, 2.75) is 0 Å². The largest absolute Gasteiger partial charge is 0.345 e. The van der Waals surface area contributed by atoms with Crippen molar-refractivity contribution in [2.24, 2.45) is 4.99 Å². The van der Waals surface area contributed by atoms with Crippen LogP contribution >= 0.6 is 11.8 Å². The molecule has 2 N–H and O–H groups in total. The molecule has 2 aromatic rings. The fraction of sp³-hybridized carbons (Fsp3) is 0.100. The molecule has 0 atom stereocenters. The fourth-order valence-corrected chi connectivity index (χ4v) is 1.66. The molecular weight excluding hydrogens is 222 g/mol. The monoisotopic (exact) mass is 231 g/mol. The lowest BCUT2D eigenvalue weighted by Crippen LogP contribution is -2.12. The number of aromatic amines is 1. The Hall–Kier alpha value is -2.00. The molecule has 1 heterocycles. The van der Waals surface area contributed by atoms with Gasteiger partial charge < -0.3 is 4.98 Å². The summed E-state index contributed by atoms with van der Waals surface area (Å²) in [5.41, 5.74) is 2.47. The first-order chi connectivity index (χ1) is 7.85. The number of nitriles is 1. The maximum absolute atomic E-state index is 8.54. The van der Waals surface area contributed by atoms with E-state index in [1.54, 1.807) is 6.33 Å². The second-order valence-electron chi connectivity index (χ2n) is 2.93. The van der Waals surface area contributed by atoms with Gasteiger partial charge in [0.15, 0.2) is 11.4 Å². The number of fused-ring (bicyclic) bond motifs is 1. The van der Waals surface area contributed by atoms with E-state index in [4.69, 9.17) is 5.26 Å².